The summed E-state index contributed by atoms with van der Waals surface area (Å²) in [5.41, 5.74) is 6.96. The minimum absolute atomic E-state index is 0. The molecule has 0 spiro atoms. The normalized spacial score (nSPS) is 11.2. The van der Waals surface area contributed by atoms with E-state index in [0.29, 0.717) is 17.1 Å². The van der Waals surface area contributed by atoms with E-state index in [1.807, 2.05) is 13.8 Å². The molecule has 3 N–H and O–H groups in total. The molecule has 1 unspecified atom stereocenters. The van der Waals surface area contributed by atoms with Crippen molar-refractivity contribution in [3.63, 3.8) is 0 Å². The van der Waals surface area contributed by atoms with Gasteiger partial charge >= 0.3 is 0 Å². The molecule has 4 nitrogen and oxygen atoms in total. The molecule has 0 radical (unpaired) electrons. The Kier molecular flexibility index (Phi) is 6.43. The van der Waals surface area contributed by atoms with Gasteiger partial charge in [-0.3, -0.25) is 4.79 Å². The number of ether oxygens (including phenoxy) is 1. The Morgan fingerprint density at radius 3 is 2.65 bits per heavy atom. The van der Waals surface area contributed by atoms with E-state index in [2.05, 4.69) is 5.32 Å². The van der Waals surface area contributed by atoms with E-state index < -0.39 is 0 Å². The second-order valence-corrected chi connectivity index (χ2v) is 3.76. The minimum Gasteiger partial charge on any atom is -0.495 e. The van der Waals surface area contributed by atoms with Crippen molar-refractivity contribution >= 4 is 29.7 Å². The van der Waals surface area contributed by atoms with Gasteiger partial charge in [-0.05, 0) is 24.6 Å². The zero-order chi connectivity index (χ0) is 12.1. The van der Waals surface area contributed by atoms with Gasteiger partial charge in [-0.1, -0.05) is 13.8 Å². The van der Waals surface area contributed by atoms with Crippen molar-refractivity contribution in [1.29, 1.82) is 0 Å². The summed E-state index contributed by atoms with van der Waals surface area (Å²) in [6.45, 7) is 3.87. The molecular formula is C12H19ClN2O2. The van der Waals surface area contributed by atoms with Gasteiger partial charge in [-0.2, -0.15) is 0 Å². The molecular weight excluding hydrogens is 240 g/mol. The lowest BCUT2D eigenvalue weighted by Crippen LogP contribution is -2.19. The molecule has 1 aromatic rings. The topological polar surface area (TPSA) is 64.3 Å². The fraction of sp³-hybridized carbons (Fsp3) is 0.417. The number of methoxy groups -OCH3 is 1. The van der Waals surface area contributed by atoms with Gasteiger partial charge in [0.05, 0.1) is 12.8 Å². The highest BCUT2D eigenvalue weighted by Crippen LogP contribution is 2.24. The summed E-state index contributed by atoms with van der Waals surface area (Å²) in [7, 11) is 1.56. The Balaban J connectivity index is 0.00000256. The summed E-state index contributed by atoms with van der Waals surface area (Å²) in [5.74, 6) is 0.622. The molecule has 1 amide bonds. The van der Waals surface area contributed by atoms with Crippen molar-refractivity contribution in [3.05, 3.63) is 18.2 Å². The smallest absolute Gasteiger partial charge is 0.227 e. The van der Waals surface area contributed by atoms with Gasteiger partial charge in [-0.15, -0.1) is 12.4 Å². The van der Waals surface area contributed by atoms with Crippen LogP contribution in [0, 0.1) is 5.92 Å². The van der Waals surface area contributed by atoms with Crippen molar-refractivity contribution in [1.82, 2.24) is 0 Å². The molecule has 1 rings (SSSR count). The molecule has 17 heavy (non-hydrogen) atoms. The van der Waals surface area contributed by atoms with Crippen molar-refractivity contribution in [2.45, 2.75) is 20.3 Å². The predicted octanol–water partition coefficient (Wildman–Crippen LogP) is 2.68. The minimum atomic E-state index is 0. The second-order valence-electron chi connectivity index (χ2n) is 3.76. The predicted molar refractivity (Wildman–Crippen MR) is 72.7 cm³/mol. The lowest BCUT2D eigenvalue weighted by Gasteiger charge is -2.11. The zero-order valence-corrected chi connectivity index (χ0v) is 11.1. The number of carbonyl (C=O) groups excluding carboxylic acids is 1. The van der Waals surface area contributed by atoms with Crippen LogP contribution in [0.5, 0.6) is 5.75 Å². The number of hydrogen-bond donors (Lipinski definition) is 2. The average Bonchev–Trinajstić information content (AvgIpc) is 2.28. The first-order valence-electron chi connectivity index (χ1n) is 5.32. The van der Waals surface area contributed by atoms with Crippen LogP contribution in [0.25, 0.3) is 0 Å². The van der Waals surface area contributed by atoms with Crippen molar-refractivity contribution in [3.8, 4) is 5.75 Å². The number of rotatable bonds is 4. The third-order valence-electron chi connectivity index (χ3n) is 2.56. The molecule has 1 aromatic carbocycles. The third kappa shape index (κ3) is 4.15. The van der Waals surface area contributed by atoms with Gasteiger partial charge in [0, 0.05) is 11.6 Å². The highest BCUT2D eigenvalue weighted by atomic mass is 35.5. The number of halogens is 1. The molecule has 0 saturated heterocycles. The molecule has 96 valence electrons. The van der Waals surface area contributed by atoms with E-state index in [0.717, 1.165) is 6.42 Å². The Morgan fingerprint density at radius 1 is 1.53 bits per heavy atom. The Bertz CT molecular complexity index is 383. The SMILES string of the molecule is CCC(C)C(=O)Nc1ccc(OC)c(N)c1.Cl. The van der Waals surface area contributed by atoms with Gasteiger partial charge in [0.2, 0.25) is 5.91 Å². The second kappa shape index (κ2) is 7.01. The van der Waals surface area contributed by atoms with Crippen molar-refractivity contribution in [2.75, 3.05) is 18.2 Å². The van der Waals surface area contributed by atoms with Crippen LogP contribution in [0.2, 0.25) is 0 Å². The van der Waals surface area contributed by atoms with Crippen LogP contribution in [0.3, 0.4) is 0 Å². The maximum absolute atomic E-state index is 11.6. The number of anilines is 2. The largest absolute Gasteiger partial charge is 0.495 e. The van der Waals surface area contributed by atoms with Gasteiger partial charge in [0.25, 0.3) is 0 Å². The lowest BCUT2D eigenvalue weighted by atomic mass is 10.1. The molecule has 0 aromatic heterocycles. The van der Waals surface area contributed by atoms with E-state index >= 15 is 0 Å². The molecule has 0 aliphatic rings. The Morgan fingerprint density at radius 2 is 2.18 bits per heavy atom. The Hall–Kier alpha value is -1.42. The van der Waals surface area contributed by atoms with Gasteiger partial charge in [0.1, 0.15) is 5.75 Å². The maximum atomic E-state index is 11.6. The number of hydrogen-bond acceptors (Lipinski definition) is 3. The standard InChI is InChI=1S/C12H18N2O2.ClH/c1-4-8(2)12(15)14-9-5-6-11(16-3)10(13)7-9;/h5-8H,4,13H2,1-3H3,(H,14,15);1H. The monoisotopic (exact) mass is 258 g/mol. The summed E-state index contributed by atoms with van der Waals surface area (Å²) in [5, 5.41) is 2.81. The van der Waals surface area contributed by atoms with Crippen LogP contribution in [0.1, 0.15) is 20.3 Å². The first-order chi connectivity index (χ1) is 7.58. The average molecular weight is 259 g/mol. The van der Waals surface area contributed by atoms with Crippen molar-refractivity contribution < 1.29 is 9.53 Å². The zero-order valence-electron chi connectivity index (χ0n) is 10.3. The van der Waals surface area contributed by atoms with Gasteiger partial charge in [0.15, 0.2) is 0 Å². The van der Waals surface area contributed by atoms with E-state index in [9.17, 15) is 4.79 Å². The number of nitrogens with two attached hydrogens (primary N) is 1. The molecule has 0 fully saturated rings. The molecule has 0 aliphatic heterocycles. The molecule has 0 saturated carbocycles. The Labute approximate surface area is 108 Å². The summed E-state index contributed by atoms with van der Waals surface area (Å²) >= 11 is 0. The first-order valence-corrected chi connectivity index (χ1v) is 5.32. The number of nitrogen functional groups attached to an aromatic ring is 1. The van der Waals surface area contributed by atoms with Crippen LogP contribution < -0.4 is 15.8 Å². The highest BCUT2D eigenvalue weighted by molar-refractivity contribution is 5.92. The highest BCUT2D eigenvalue weighted by Gasteiger charge is 2.11. The van der Waals surface area contributed by atoms with E-state index in [-0.39, 0.29) is 24.2 Å². The van der Waals surface area contributed by atoms with Gasteiger partial charge < -0.3 is 15.8 Å². The third-order valence-corrected chi connectivity index (χ3v) is 2.56. The first kappa shape index (κ1) is 15.6. The molecule has 0 aliphatic carbocycles. The summed E-state index contributed by atoms with van der Waals surface area (Å²) < 4.78 is 5.04. The fourth-order valence-corrected chi connectivity index (χ4v) is 1.26. The summed E-state index contributed by atoms with van der Waals surface area (Å²) in [6.07, 6.45) is 0.817. The molecule has 1 atom stereocenters. The van der Waals surface area contributed by atoms with Crippen LogP contribution in [-0.2, 0) is 4.79 Å². The van der Waals surface area contributed by atoms with Crippen LogP contribution in [0.4, 0.5) is 11.4 Å². The lowest BCUT2D eigenvalue weighted by molar-refractivity contribution is -0.119. The van der Waals surface area contributed by atoms with E-state index in [4.69, 9.17) is 10.5 Å². The maximum Gasteiger partial charge on any atom is 0.227 e. The van der Waals surface area contributed by atoms with Gasteiger partial charge in [-0.25, -0.2) is 0 Å². The number of carbonyl (C=O) groups is 1. The van der Waals surface area contributed by atoms with Crippen molar-refractivity contribution in [2.24, 2.45) is 5.92 Å². The summed E-state index contributed by atoms with van der Waals surface area (Å²) in [4.78, 5) is 11.6. The number of benzene rings is 1. The van der Waals surface area contributed by atoms with Crippen LogP contribution in [-0.4, -0.2) is 13.0 Å². The van der Waals surface area contributed by atoms with E-state index in [1.54, 1.807) is 25.3 Å². The van der Waals surface area contributed by atoms with Crippen LogP contribution >= 0.6 is 12.4 Å². The summed E-state index contributed by atoms with van der Waals surface area (Å²) in [6, 6.07) is 5.20. The molecule has 0 heterocycles. The quantitative estimate of drug-likeness (QED) is 0.816. The molecule has 5 heteroatoms. The molecule has 0 bridgehead atoms. The van der Waals surface area contributed by atoms with Crippen LogP contribution in [0.15, 0.2) is 18.2 Å². The van der Waals surface area contributed by atoms with E-state index in [1.165, 1.54) is 0 Å². The number of nitrogens with one attached hydrogen (secondary N) is 1. The fourth-order valence-electron chi connectivity index (χ4n) is 1.26. The number of amides is 1.